The highest BCUT2D eigenvalue weighted by Gasteiger charge is 2.51. The molecule has 1 aliphatic carbocycles. The minimum Gasteiger partial charge on any atom is -0.481 e. The maximum absolute atomic E-state index is 11.0. The number of pyridine rings is 1. The molecular weight excluding hydrogens is 316 g/mol. The first-order valence-electron chi connectivity index (χ1n) is 9.30. The average molecular weight is 346 g/mol. The molecule has 0 bridgehead atoms. The van der Waals surface area contributed by atoms with Crippen molar-refractivity contribution in [2.45, 2.75) is 64.0 Å². The molecule has 1 aliphatic heterocycles. The van der Waals surface area contributed by atoms with Crippen molar-refractivity contribution in [1.29, 1.82) is 0 Å². The number of aliphatic hydroxyl groups is 1. The Balaban J connectivity index is 1.53. The Morgan fingerprint density at radius 3 is 2.52 bits per heavy atom. The summed E-state index contributed by atoms with van der Waals surface area (Å²) in [6.45, 7) is 9.34. The summed E-state index contributed by atoms with van der Waals surface area (Å²) >= 11 is 0. The summed E-state index contributed by atoms with van der Waals surface area (Å²) in [4.78, 5) is 17.9. The fourth-order valence-corrected chi connectivity index (χ4v) is 4.19. The Hall–Kier alpha value is -1.46. The zero-order chi connectivity index (χ0) is 18.2. The first kappa shape index (κ1) is 18.3. The first-order chi connectivity index (χ1) is 11.7. The van der Waals surface area contributed by atoms with E-state index in [9.17, 15) is 9.90 Å². The van der Waals surface area contributed by atoms with E-state index in [2.05, 4.69) is 42.8 Å². The predicted octanol–water partition coefficient (Wildman–Crippen LogP) is 2.82. The maximum Gasteiger partial charge on any atom is 0.306 e. The second-order valence-corrected chi connectivity index (χ2v) is 8.88. The minimum atomic E-state index is -0.771. The molecular formula is C20H30N2O3. The van der Waals surface area contributed by atoms with E-state index in [0.717, 1.165) is 38.2 Å². The second-order valence-electron chi connectivity index (χ2n) is 8.88. The van der Waals surface area contributed by atoms with Crippen LogP contribution in [0.2, 0.25) is 0 Å². The first-order valence-corrected chi connectivity index (χ1v) is 9.30. The van der Waals surface area contributed by atoms with E-state index in [1.54, 1.807) is 0 Å². The van der Waals surface area contributed by atoms with Crippen molar-refractivity contribution in [2.24, 2.45) is 11.8 Å². The number of likely N-dealkylation sites (tertiary alicyclic amines) is 1. The summed E-state index contributed by atoms with van der Waals surface area (Å²) in [7, 11) is 0. The molecule has 2 heterocycles. The number of hydrogen-bond acceptors (Lipinski definition) is 4. The van der Waals surface area contributed by atoms with E-state index in [-0.39, 0.29) is 17.3 Å². The molecule has 5 nitrogen and oxygen atoms in total. The molecule has 2 aliphatic rings. The van der Waals surface area contributed by atoms with Crippen molar-refractivity contribution >= 4 is 5.97 Å². The lowest BCUT2D eigenvalue weighted by Crippen LogP contribution is -2.54. The summed E-state index contributed by atoms with van der Waals surface area (Å²) in [5.74, 6) is -0.896. The SMILES string of the molecule is CC(C)(C)c1ccnc(CN2CCC(C3(O)CC(C(=O)O)C3)CC2)c1. The molecule has 1 aromatic rings. The largest absolute Gasteiger partial charge is 0.481 e. The molecule has 2 fully saturated rings. The normalized spacial score (nSPS) is 28.6. The molecule has 0 atom stereocenters. The van der Waals surface area contributed by atoms with Crippen LogP contribution in [0.5, 0.6) is 0 Å². The lowest BCUT2D eigenvalue weighted by Gasteiger charge is -2.49. The molecule has 0 spiro atoms. The fourth-order valence-electron chi connectivity index (χ4n) is 4.19. The number of hydrogen-bond donors (Lipinski definition) is 2. The van der Waals surface area contributed by atoms with Gasteiger partial charge in [0.05, 0.1) is 17.2 Å². The van der Waals surface area contributed by atoms with Crippen LogP contribution in [0, 0.1) is 11.8 Å². The Labute approximate surface area is 150 Å². The quantitative estimate of drug-likeness (QED) is 0.877. The topological polar surface area (TPSA) is 73.7 Å². The van der Waals surface area contributed by atoms with E-state index in [1.807, 2.05) is 6.20 Å². The highest BCUT2D eigenvalue weighted by molar-refractivity contribution is 5.71. The van der Waals surface area contributed by atoms with Crippen molar-refractivity contribution in [1.82, 2.24) is 9.88 Å². The number of aliphatic carboxylic acids is 1. The zero-order valence-corrected chi connectivity index (χ0v) is 15.5. The highest BCUT2D eigenvalue weighted by Crippen LogP contribution is 2.46. The Morgan fingerprint density at radius 2 is 1.96 bits per heavy atom. The fraction of sp³-hybridized carbons (Fsp3) is 0.700. The number of nitrogens with zero attached hydrogens (tertiary/aromatic N) is 2. The summed E-state index contributed by atoms with van der Waals surface area (Å²) in [6, 6.07) is 4.28. The second kappa shape index (κ2) is 6.69. The lowest BCUT2D eigenvalue weighted by molar-refractivity contribution is -0.170. The number of piperidine rings is 1. The van der Waals surface area contributed by atoms with E-state index in [0.29, 0.717) is 12.8 Å². The third kappa shape index (κ3) is 4.04. The smallest absolute Gasteiger partial charge is 0.306 e. The van der Waals surface area contributed by atoms with Crippen molar-refractivity contribution in [3.63, 3.8) is 0 Å². The Bertz CT molecular complexity index is 624. The van der Waals surface area contributed by atoms with Crippen molar-refractivity contribution < 1.29 is 15.0 Å². The minimum absolute atomic E-state index is 0.124. The molecule has 0 aromatic carbocycles. The zero-order valence-electron chi connectivity index (χ0n) is 15.5. The lowest BCUT2D eigenvalue weighted by atomic mass is 9.62. The monoisotopic (exact) mass is 346 g/mol. The van der Waals surface area contributed by atoms with Gasteiger partial charge in [0, 0.05) is 12.7 Å². The van der Waals surface area contributed by atoms with Gasteiger partial charge < -0.3 is 10.2 Å². The molecule has 5 heteroatoms. The number of aromatic nitrogens is 1. The molecule has 25 heavy (non-hydrogen) atoms. The average Bonchev–Trinajstić information content (AvgIpc) is 2.52. The van der Waals surface area contributed by atoms with Gasteiger partial charge in [-0.25, -0.2) is 0 Å². The van der Waals surface area contributed by atoms with Gasteiger partial charge in [-0.1, -0.05) is 20.8 Å². The van der Waals surface area contributed by atoms with E-state index in [1.165, 1.54) is 5.56 Å². The molecule has 2 N–H and O–H groups in total. The van der Waals surface area contributed by atoms with Gasteiger partial charge in [-0.3, -0.25) is 14.7 Å². The van der Waals surface area contributed by atoms with Crippen LogP contribution >= 0.6 is 0 Å². The molecule has 3 rings (SSSR count). The molecule has 1 aromatic heterocycles. The third-order valence-corrected chi connectivity index (χ3v) is 5.96. The number of carboxylic acids is 1. The summed E-state index contributed by atoms with van der Waals surface area (Å²) in [6.07, 6.45) is 4.60. The van der Waals surface area contributed by atoms with E-state index >= 15 is 0 Å². The molecule has 1 saturated carbocycles. The predicted molar refractivity (Wildman–Crippen MR) is 96.2 cm³/mol. The van der Waals surface area contributed by atoms with Crippen LogP contribution in [0.3, 0.4) is 0 Å². The van der Waals surface area contributed by atoms with Crippen LogP contribution in [0.25, 0.3) is 0 Å². The Kier molecular flexibility index (Phi) is 4.91. The number of carbonyl (C=O) groups is 1. The van der Waals surface area contributed by atoms with Crippen LogP contribution in [-0.4, -0.2) is 44.8 Å². The maximum atomic E-state index is 11.0. The van der Waals surface area contributed by atoms with Gasteiger partial charge in [-0.05, 0) is 67.8 Å². The van der Waals surface area contributed by atoms with Crippen molar-refractivity contribution in [3.8, 4) is 0 Å². The van der Waals surface area contributed by atoms with E-state index in [4.69, 9.17) is 5.11 Å². The standard InChI is InChI=1S/C20H30N2O3/c1-19(2,3)16-4-7-21-17(10-16)13-22-8-5-15(6-9-22)20(25)11-14(12-20)18(23)24/h4,7,10,14-15,25H,5-6,8-9,11-13H2,1-3H3,(H,23,24). The van der Waals surface area contributed by atoms with Gasteiger partial charge in [0.1, 0.15) is 0 Å². The van der Waals surface area contributed by atoms with Crippen LogP contribution < -0.4 is 0 Å². The molecule has 138 valence electrons. The van der Waals surface area contributed by atoms with Crippen LogP contribution in [-0.2, 0) is 16.8 Å². The molecule has 0 amide bonds. The van der Waals surface area contributed by atoms with Crippen LogP contribution in [0.4, 0.5) is 0 Å². The number of rotatable bonds is 4. The summed E-state index contributed by atoms with van der Waals surface area (Å²) in [5.41, 5.74) is 1.77. The number of carboxylic acid groups (broad SMARTS) is 1. The molecule has 0 unspecified atom stereocenters. The van der Waals surface area contributed by atoms with Gasteiger partial charge in [0.25, 0.3) is 0 Å². The Morgan fingerprint density at radius 1 is 1.32 bits per heavy atom. The highest BCUT2D eigenvalue weighted by atomic mass is 16.4. The summed E-state index contributed by atoms with van der Waals surface area (Å²) < 4.78 is 0. The summed E-state index contributed by atoms with van der Waals surface area (Å²) in [5, 5.41) is 19.7. The third-order valence-electron chi connectivity index (χ3n) is 5.96. The van der Waals surface area contributed by atoms with Gasteiger partial charge in [0.2, 0.25) is 0 Å². The van der Waals surface area contributed by atoms with Crippen LogP contribution in [0.1, 0.15) is 57.7 Å². The van der Waals surface area contributed by atoms with Crippen molar-refractivity contribution in [3.05, 3.63) is 29.6 Å². The van der Waals surface area contributed by atoms with Gasteiger partial charge in [0.15, 0.2) is 0 Å². The van der Waals surface area contributed by atoms with Gasteiger partial charge >= 0.3 is 5.97 Å². The van der Waals surface area contributed by atoms with Gasteiger partial charge in [-0.2, -0.15) is 0 Å². The van der Waals surface area contributed by atoms with Crippen LogP contribution in [0.15, 0.2) is 18.3 Å². The van der Waals surface area contributed by atoms with Crippen molar-refractivity contribution in [2.75, 3.05) is 13.1 Å². The molecule has 1 saturated heterocycles. The van der Waals surface area contributed by atoms with Gasteiger partial charge in [-0.15, -0.1) is 0 Å². The molecule has 0 radical (unpaired) electrons. The van der Waals surface area contributed by atoms with E-state index < -0.39 is 11.6 Å².